The van der Waals surface area contributed by atoms with Crippen molar-refractivity contribution in [3.63, 3.8) is 0 Å². The minimum Gasteiger partial charge on any atom is -0.469 e. The topological polar surface area (TPSA) is 85.7 Å². The molecule has 3 aromatic carbocycles. The third kappa shape index (κ3) is 7.89. The number of hydrogen-bond donors (Lipinski definition) is 1. The number of aliphatic hydroxyl groups excluding tert-OH is 1. The number of aromatic nitrogens is 1. The maximum Gasteiger partial charge on any atom is 0.305 e. The van der Waals surface area contributed by atoms with E-state index in [-0.39, 0.29) is 35.0 Å². The molecule has 1 aliphatic rings. The van der Waals surface area contributed by atoms with Crippen LogP contribution in [0, 0.1) is 11.8 Å². The van der Waals surface area contributed by atoms with Crippen molar-refractivity contribution in [3.8, 4) is 0 Å². The first-order chi connectivity index (χ1) is 22.6. The molecule has 1 heterocycles. The summed E-state index contributed by atoms with van der Waals surface area (Å²) in [5, 5.41) is 14.0. The predicted molar refractivity (Wildman–Crippen MR) is 192 cm³/mol. The first kappa shape index (κ1) is 34.6. The Labute approximate surface area is 283 Å². The highest BCUT2D eigenvalue weighted by molar-refractivity contribution is 7.18. The third-order valence-electron chi connectivity index (χ3n) is 9.05. The average molecular weight is 668 g/mol. The molecule has 1 aromatic heterocycles. The molecule has 0 aliphatic heterocycles. The zero-order valence-electron chi connectivity index (χ0n) is 27.7. The Balaban J connectivity index is 1.52. The van der Waals surface area contributed by atoms with Gasteiger partial charge in [0.2, 0.25) is 0 Å². The van der Waals surface area contributed by atoms with E-state index in [2.05, 4.69) is 75.4 Å². The zero-order chi connectivity index (χ0) is 33.4. The van der Waals surface area contributed by atoms with Crippen LogP contribution in [0.5, 0.6) is 0 Å². The van der Waals surface area contributed by atoms with Gasteiger partial charge in [0.1, 0.15) is 16.9 Å². The number of hydrogen-bond acceptors (Lipinski definition) is 7. The van der Waals surface area contributed by atoms with Crippen LogP contribution < -0.4 is 10.4 Å². The monoisotopic (exact) mass is 667 g/mol. The number of nitrogens with zero attached hydrogens (tertiary/aromatic N) is 1. The van der Waals surface area contributed by atoms with Crippen molar-refractivity contribution in [1.29, 1.82) is 0 Å². The van der Waals surface area contributed by atoms with Gasteiger partial charge >= 0.3 is 5.97 Å². The van der Waals surface area contributed by atoms with Gasteiger partial charge in [0, 0.05) is 24.7 Å². The van der Waals surface area contributed by atoms with Gasteiger partial charge in [-0.2, -0.15) is 0 Å². The largest absolute Gasteiger partial charge is 0.469 e. The molecule has 1 saturated carbocycles. The third-order valence-corrected chi connectivity index (χ3v) is 15.2. The van der Waals surface area contributed by atoms with Crippen LogP contribution in [-0.4, -0.2) is 43.4 Å². The number of thiazole rings is 1. The summed E-state index contributed by atoms with van der Waals surface area (Å²) in [7, 11) is -1.58. The van der Waals surface area contributed by atoms with Crippen molar-refractivity contribution in [1.82, 2.24) is 4.98 Å². The van der Waals surface area contributed by atoms with E-state index in [9.17, 15) is 14.7 Å². The Morgan fingerprint density at radius 1 is 1.00 bits per heavy atom. The molecule has 4 aromatic rings. The molecule has 246 valence electrons. The first-order valence-electron chi connectivity index (χ1n) is 16.4. The molecule has 0 saturated heterocycles. The van der Waals surface area contributed by atoms with Gasteiger partial charge in [-0.15, -0.1) is 11.3 Å². The molecule has 4 atom stereocenters. The highest BCUT2D eigenvalue weighted by Crippen LogP contribution is 2.42. The first-order valence-corrected chi connectivity index (χ1v) is 19.1. The van der Waals surface area contributed by atoms with Crippen LogP contribution in [0.15, 0.2) is 109 Å². The van der Waals surface area contributed by atoms with E-state index in [1.807, 2.05) is 54.6 Å². The van der Waals surface area contributed by atoms with Crippen LogP contribution in [0.2, 0.25) is 5.04 Å². The van der Waals surface area contributed by atoms with Crippen LogP contribution in [0.1, 0.15) is 64.0 Å². The second-order valence-corrected chi connectivity index (χ2v) is 18.5. The molecule has 1 fully saturated rings. The molecule has 0 unspecified atom stereocenters. The van der Waals surface area contributed by atoms with Crippen LogP contribution in [0.4, 0.5) is 0 Å². The van der Waals surface area contributed by atoms with Gasteiger partial charge in [0.05, 0.1) is 23.4 Å². The van der Waals surface area contributed by atoms with E-state index in [0.717, 1.165) is 21.6 Å². The molecule has 6 nitrogen and oxygen atoms in total. The second kappa shape index (κ2) is 15.5. The summed E-state index contributed by atoms with van der Waals surface area (Å²) in [5.41, 5.74) is 0.920. The highest BCUT2D eigenvalue weighted by atomic mass is 32.1. The fourth-order valence-corrected chi connectivity index (χ4v) is 12.3. The number of carbonyl (C=O) groups is 2. The van der Waals surface area contributed by atoms with Gasteiger partial charge in [-0.3, -0.25) is 9.59 Å². The Morgan fingerprint density at radius 3 is 2.26 bits per heavy atom. The molecular formula is C39H45NO5SSi. The number of aliphatic hydroxyl groups is 1. The maximum absolute atomic E-state index is 13.1. The summed E-state index contributed by atoms with van der Waals surface area (Å²) >= 11 is 1.62. The summed E-state index contributed by atoms with van der Waals surface area (Å²) in [6.07, 6.45) is 9.24. The second-order valence-electron chi connectivity index (χ2n) is 13.2. The molecule has 0 bridgehead atoms. The molecule has 8 heteroatoms. The minimum atomic E-state index is -2.97. The van der Waals surface area contributed by atoms with Gasteiger partial charge in [-0.05, 0) is 46.8 Å². The summed E-state index contributed by atoms with van der Waals surface area (Å²) in [4.78, 5) is 29.6. The smallest absolute Gasteiger partial charge is 0.305 e. The van der Waals surface area contributed by atoms with E-state index in [1.54, 1.807) is 11.3 Å². The number of fused-ring (bicyclic) bond motifs is 1. The van der Waals surface area contributed by atoms with E-state index in [4.69, 9.17) is 14.1 Å². The molecule has 0 spiro atoms. The van der Waals surface area contributed by atoms with Gasteiger partial charge < -0.3 is 14.3 Å². The van der Waals surface area contributed by atoms with Crippen molar-refractivity contribution < 1.29 is 23.9 Å². The Kier molecular flexibility index (Phi) is 11.4. The number of methoxy groups -OCH3 is 1. The van der Waals surface area contributed by atoms with E-state index < -0.39 is 20.5 Å². The number of benzene rings is 3. The highest BCUT2D eigenvalue weighted by Gasteiger charge is 2.52. The van der Waals surface area contributed by atoms with Crippen molar-refractivity contribution in [2.24, 2.45) is 11.8 Å². The lowest BCUT2D eigenvalue weighted by molar-refractivity contribution is -0.140. The van der Waals surface area contributed by atoms with E-state index in [0.29, 0.717) is 19.3 Å². The SMILES string of the molecule is COC(=O)CCCC=CC[C@H]1C(=O)C[C@@H](O)[C@@H]1C=C[C@@H](O[Si](c1ccccc1)(c1ccccc1)C(C)(C)C)c1nc2ccccc2s1. The Hall–Kier alpha value is -3.69. The van der Waals surface area contributed by atoms with Crippen LogP contribution in [-0.2, 0) is 18.8 Å². The van der Waals surface area contributed by atoms with Crippen molar-refractivity contribution in [3.05, 3.63) is 114 Å². The number of allylic oxidation sites excluding steroid dienone is 2. The Bertz CT molecular complexity index is 1620. The van der Waals surface area contributed by atoms with Gasteiger partial charge in [-0.25, -0.2) is 4.98 Å². The summed E-state index contributed by atoms with van der Waals surface area (Å²) in [5.74, 6) is -0.833. The lowest BCUT2D eigenvalue weighted by Gasteiger charge is -2.44. The lowest BCUT2D eigenvalue weighted by atomic mass is 9.90. The fourth-order valence-electron chi connectivity index (χ4n) is 6.65. The fraction of sp³-hybridized carbons (Fsp3) is 0.359. The molecule has 47 heavy (non-hydrogen) atoms. The molecule has 0 radical (unpaired) electrons. The lowest BCUT2D eigenvalue weighted by Crippen LogP contribution is -2.66. The number of rotatable bonds is 13. The Morgan fingerprint density at radius 2 is 1.64 bits per heavy atom. The quantitative estimate of drug-likeness (QED) is 0.0696. The molecule has 1 N–H and O–H groups in total. The number of ether oxygens (including phenoxy) is 1. The minimum absolute atomic E-state index is 0.0656. The van der Waals surface area contributed by atoms with Crippen molar-refractivity contribution >= 4 is 52.0 Å². The maximum atomic E-state index is 13.1. The number of ketones is 1. The summed E-state index contributed by atoms with van der Waals surface area (Å²) in [6, 6.07) is 29.2. The number of esters is 1. The standard InChI is InChI=1S/C39H45NO5SSi/c1-39(2,3)47(28-17-9-7-10-18-28,29-19-11-8-12-20-29)45-35(38-40-32-22-15-16-23-36(32)46-38)26-25-31-30(33(41)27-34(31)42)21-13-5-6-14-24-37(43)44-4/h5,7-13,15-20,22-23,25-26,30-31,34-35,42H,6,14,21,24,27H2,1-4H3/t30-,31-,34-,35-/m1/s1. The van der Waals surface area contributed by atoms with Crippen molar-refractivity contribution in [2.75, 3.05) is 7.11 Å². The van der Waals surface area contributed by atoms with E-state index in [1.165, 1.54) is 17.5 Å². The van der Waals surface area contributed by atoms with E-state index >= 15 is 0 Å². The van der Waals surface area contributed by atoms with Gasteiger partial charge in [0.15, 0.2) is 0 Å². The number of Topliss-reactive ketones (excluding diaryl/α,β-unsaturated/α-hetero) is 1. The number of unbranched alkanes of at least 4 members (excludes halogenated alkanes) is 1. The summed E-state index contributed by atoms with van der Waals surface area (Å²) in [6.45, 7) is 6.77. The number of carbonyl (C=O) groups excluding carboxylic acids is 2. The normalized spacial score (nSPS) is 19.6. The van der Waals surface area contributed by atoms with Gasteiger partial charge in [-0.1, -0.05) is 118 Å². The number of para-hydroxylation sites is 1. The molecular weight excluding hydrogens is 623 g/mol. The molecule has 5 rings (SSSR count). The summed E-state index contributed by atoms with van der Waals surface area (Å²) < 4.78 is 13.4. The zero-order valence-corrected chi connectivity index (χ0v) is 29.5. The van der Waals surface area contributed by atoms with Crippen molar-refractivity contribution in [2.45, 2.75) is 70.1 Å². The molecule has 0 amide bonds. The molecule has 1 aliphatic carbocycles. The van der Waals surface area contributed by atoms with Crippen LogP contribution in [0.3, 0.4) is 0 Å². The predicted octanol–water partition coefficient (Wildman–Crippen LogP) is 7.33. The van der Waals surface area contributed by atoms with Gasteiger partial charge in [0.25, 0.3) is 8.32 Å². The average Bonchev–Trinajstić information content (AvgIpc) is 3.62. The van der Waals surface area contributed by atoms with Crippen LogP contribution in [0.25, 0.3) is 10.2 Å². The van der Waals surface area contributed by atoms with Crippen LogP contribution >= 0.6 is 11.3 Å².